The number of hydrogen-bond acceptors (Lipinski definition) is 4. The molecule has 0 spiro atoms. The van der Waals surface area contributed by atoms with Crippen LogP contribution in [0.15, 0.2) is 40.9 Å². The third-order valence-corrected chi connectivity index (χ3v) is 6.54. The first-order chi connectivity index (χ1) is 14.1. The average molecular weight is 479 g/mol. The van der Waals surface area contributed by atoms with Crippen LogP contribution in [0.4, 0.5) is 11.4 Å². The zero-order valence-corrected chi connectivity index (χ0v) is 18.6. The van der Waals surface area contributed by atoms with Crippen LogP contribution in [0, 0.1) is 0 Å². The molecule has 2 aromatic rings. The number of benzene rings is 2. The summed E-state index contributed by atoms with van der Waals surface area (Å²) in [5.74, 6) is 0.641. The van der Waals surface area contributed by atoms with E-state index in [9.17, 15) is 4.79 Å². The molecule has 0 radical (unpaired) electrons. The maximum atomic E-state index is 11.7. The minimum absolute atomic E-state index is 0.0288. The van der Waals surface area contributed by atoms with Crippen molar-refractivity contribution < 1.29 is 9.53 Å². The summed E-state index contributed by atoms with van der Waals surface area (Å²) < 4.78 is 6.72. The molecule has 0 saturated carbocycles. The summed E-state index contributed by atoms with van der Waals surface area (Å²) in [5.41, 5.74) is 3.14. The van der Waals surface area contributed by atoms with E-state index in [2.05, 4.69) is 61.4 Å². The molecule has 1 amide bonds. The van der Waals surface area contributed by atoms with Crippen molar-refractivity contribution in [3.63, 3.8) is 0 Å². The van der Waals surface area contributed by atoms with Crippen LogP contribution in [0.3, 0.4) is 0 Å². The van der Waals surface area contributed by atoms with Crippen LogP contribution in [0.5, 0.6) is 5.75 Å². The van der Waals surface area contributed by atoms with E-state index in [1.807, 2.05) is 6.07 Å². The lowest BCUT2D eigenvalue weighted by molar-refractivity contribution is -0.116. The van der Waals surface area contributed by atoms with Crippen molar-refractivity contribution in [2.75, 3.05) is 49.5 Å². The van der Waals surface area contributed by atoms with Gasteiger partial charge < -0.3 is 15.0 Å². The third-order valence-electron chi connectivity index (χ3n) is 5.50. The molecule has 2 heterocycles. The molecule has 154 valence electrons. The summed E-state index contributed by atoms with van der Waals surface area (Å²) in [6, 6.07) is 12.5. The number of para-hydroxylation sites is 1. The van der Waals surface area contributed by atoms with E-state index < -0.39 is 0 Å². The van der Waals surface area contributed by atoms with Crippen molar-refractivity contribution in [1.29, 1.82) is 0 Å². The lowest BCUT2D eigenvalue weighted by Gasteiger charge is -2.36. The van der Waals surface area contributed by atoms with Gasteiger partial charge in [-0.1, -0.05) is 29.8 Å². The van der Waals surface area contributed by atoms with E-state index in [-0.39, 0.29) is 5.91 Å². The predicted octanol–water partition coefficient (Wildman–Crippen LogP) is 4.58. The lowest BCUT2D eigenvalue weighted by atomic mass is 10.0. The molecule has 4 rings (SSSR count). The van der Waals surface area contributed by atoms with Gasteiger partial charge >= 0.3 is 0 Å². The van der Waals surface area contributed by atoms with Crippen molar-refractivity contribution in [1.82, 2.24) is 4.90 Å². The number of carbonyl (C=O) groups excluding carboxylic acids is 1. The van der Waals surface area contributed by atoms with Gasteiger partial charge in [0.05, 0.1) is 21.8 Å². The Balaban J connectivity index is 1.25. The van der Waals surface area contributed by atoms with Crippen molar-refractivity contribution in [3.05, 3.63) is 51.5 Å². The van der Waals surface area contributed by atoms with E-state index >= 15 is 0 Å². The number of nitrogens with one attached hydrogen (secondary N) is 1. The number of halogens is 2. The van der Waals surface area contributed by atoms with Crippen molar-refractivity contribution >= 4 is 44.8 Å². The van der Waals surface area contributed by atoms with Crippen molar-refractivity contribution in [2.45, 2.75) is 19.3 Å². The van der Waals surface area contributed by atoms with Gasteiger partial charge in [-0.05, 0) is 52.5 Å². The lowest BCUT2D eigenvalue weighted by Crippen LogP contribution is -2.46. The normalized spacial score (nSPS) is 17.0. The zero-order chi connectivity index (χ0) is 20.2. The third kappa shape index (κ3) is 4.87. The summed E-state index contributed by atoms with van der Waals surface area (Å²) >= 11 is 9.98. The number of fused-ring (bicyclic) bond motifs is 1. The molecule has 7 heteroatoms. The summed E-state index contributed by atoms with van der Waals surface area (Å²) in [7, 11) is 0. The van der Waals surface area contributed by atoms with Crippen LogP contribution in [-0.4, -0.2) is 50.1 Å². The molecule has 2 aromatic carbocycles. The highest BCUT2D eigenvalue weighted by molar-refractivity contribution is 9.10. The van der Waals surface area contributed by atoms with Crippen LogP contribution < -0.4 is 15.0 Å². The molecule has 2 aliphatic rings. The number of anilines is 2. The summed E-state index contributed by atoms with van der Waals surface area (Å²) in [4.78, 5) is 16.6. The van der Waals surface area contributed by atoms with Gasteiger partial charge in [0.1, 0.15) is 0 Å². The number of hydrogen-bond donors (Lipinski definition) is 1. The predicted molar refractivity (Wildman–Crippen MR) is 121 cm³/mol. The molecule has 0 bridgehead atoms. The Hall–Kier alpha value is -1.76. The fourth-order valence-electron chi connectivity index (χ4n) is 3.90. The zero-order valence-electron chi connectivity index (χ0n) is 16.3. The van der Waals surface area contributed by atoms with Crippen LogP contribution in [0.2, 0.25) is 5.02 Å². The molecule has 29 heavy (non-hydrogen) atoms. The first-order valence-electron chi connectivity index (χ1n) is 10.1. The smallest absolute Gasteiger partial charge is 0.224 e. The number of rotatable bonds is 6. The number of amides is 1. The topological polar surface area (TPSA) is 44.8 Å². The highest BCUT2D eigenvalue weighted by Gasteiger charge is 2.22. The highest BCUT2D eigenvalue weighted by Crippen LogP contribution is 2.43. The van der Waals surface area contributed by atoms with E-state index in [0.717, 1.165) is 54.9 Å². The summed E-state index contributed by atoms with van der Waals surface area (Å²) in [5, 5.41) is 3.50. The molecule has 0 atom stereocenters. The first kappa shape index (κ1) is 20.5. The van der Waals surface area contributed by atoms with E-state index in [4.69, 9.17) is 16.3 Å². The average Bonchev–Trinajstić information content (AvgIpc) is 2.75. The second-order valence-corrected chi connectivity index (χ2v) is 8.65. The monoisotopic (exact) mass is 477 g/mol. The number of carbonyl (C=O) groups is 1. The van der Waals surface area contributed by atoms with Gasteiger partial charge in [-0.25, -0.2) is 0 Å². The molecule has 0 unspecified atom stereocenters. The minimum atomic E-state index is 0.0288. The fourth-order valence-corrected chi connectivity index (χ4v) is 4.97. The Morgan fingerprint density at radius 3 is 2.62 bits per heavy atom. The van der Waals surface area contributed by atoms with Gasteiger partial charge in [0.25, 0.3) is 0 Å². The highest BCUT2D eigenvalue weighted by atomic mass is 79.9. The maximum absolute atomic E-state index is 11.7. The molecular formula is C22H25BrClN3O2. The fraction of sp³-hybridized carbons (Fsp3) is 0.409. The Kier molecular flexibility index (Phi) is 6.63. The van der Waals surface area contributed by atoms with Gasteiger partial charge in [-0.3, -0.25) is 9.69 Å². The Bertz CT molecular complexity index is 870. The molecule has 1 N–H and O–H groups in total. The van der Waals surface area contributed by atoms with E-state index in [1.165, 1.54) is 5.69 Å². The summed E-state index contributed by atoms with van der Waals surface area (Å²) in [6.07, 6.45) is 2.12. The number of nitrogens with zero attached hydrogens (tertiary/aromatic N) is 2. The molecule has 5 nitrogen and oxygen atoms in total. The van der Waals surface area contributed by atoms with Gasteiger partial charge in [0, 0.05) is 44.8 Å². The largest absolute Gasteiger partial charge is 0.491 e. The maximum Gasteiger partial charge on any atom is 0.224 e. The Morgan fingerprint density at radius 2 is 1.86 bits per heavy atom. The minimum Gasteiger partial charge on any atom is -0.491 e. The van der Waals surface area contributed by atoms with Gasteiger partial charge in [0.2, 0.25) is 5.91 Å². The van der Waals surface area contributed by atoms with Crippen molar-refractivity contribution in [2.24, 2.45) is 0 Å². The van der Waals surface area contributed by atoms with Crippen LogP contribution in [0.1, 0.15) is 18.4 Å². The Labute approximate surface area is 185 Å². The van der Waals surface area contributed by atoms with Crippen LogP contribution >= 0.6 is 27.5 Å². The van der Waals surface area contributed by atoms with Gasteiger partial charge in [0.15, 0.2) is 5.75 Å². The molecule has 1 saturated heterocycles. The van der Waals surface area contributed by atoms with Gasteiger partial charge in [-0.15, -0.1) is 0 Å². The first-order valence-corrected chi connectivity index (χ1v) is 11.2. The second kappa shape index (κ2) is 9.37. The quantitative estimate of drug-likeness (QED) is 0.617. The number of ether oxygens (including phenoxy) is 1. The molecular weight excluding hydrogens is 454 g/mol. The number of aryl methyl sites for hydroxylation is 1. The standard InChI is InChI=1S/C22H25BrClN3O2/c23-20-21-16(7-8-19(28)25-21)15-18(24)22(20)29-14-4-9-26-10-12-27(13-11-26)17-5-2-1-3-6-17/h1-3,5-6,15H,4,7-14H2,(H,25,28). The second-order valence-electron chi connectivity index (χ2n) is 7.45. The Morgan fingerprint density at radius 1 is 1.10 bits per heavy atom. The van der Waals surface area contributed by atoms with Gasteiger partial charge in [-0.2, -0.15) is 0 Å². The van der Waals surface area contributed by atoms with Crippen LogP contribution in [-0.2, 0) is 11.2 Å². The summed E-state index contributed by atoms with van der Waals surface area (Å²) in [6.45, 7) is 5.80. The molecule has 2 aliphatic heterocycles. The SMILES string of the molecule is O=C1CCc2cc(Cl)c(OCCCN3CCN(c4ccccc4)CC3)c(Br)c2N1. The van der Waals surface area contributed by atoms with E-state index in [0.29, 0.717) is 30.2 Å². The van der Waals surface area contributed by atoms with Crippen molar-refractivity contribution in [3.8, 4) is 5.75 Å². The molecule has 0 aromatic heterocycles. The molecule has 1 fully saturated rings. The molecule has 0 aliphatic carbocycles. The van der Waals surface area contributed by atoms with Crippen LogP contribution in [0.25, 0.3) is 0 Å². The number of piperazine rings is 1. The van der Waals surface area contributed by atoms with E-state index in [1.54, 1.807) is 0 Å².